The van der Waals surface area contributed by atoms with Crippen LogP contribution in [-0.4, -0.2) is 6.61 Å². The van der Waals surface area contributed by atoms with Crippen LogP contribution in [0.15, 0.2) is 24.8 Å². The molecule has 0 saturated heterocycles. The molecule has 3 aliphatic rings. The van der Waals surface area contributed by atoms with Gasteiger partial charge in [-0.2, -0.15) is 0 Å². The highest BCUT2D eigenvalue weighted by Gasteiger charge is 2.38. The Morgan fingerprint density at radius 2 is 1.71 bits per heavy atom. The third kappa shape index (κ3) is 5.74. The number of benzene rings is 1. The van der Waals surface area contributed by atoms with Gasteiger partial charge in [-0.3, -0.25) is 0 Å². The lowest BCUT2D eigenvalue weighted by molar-refractivity contribution is 0.0689. The zero-order valence-electron chi connectivity index (χ0n) is 19.7. The number of fused-ring (bicyclic) bond motifs is 2. The Balaban J connectivity index is 1.29. The fourth-order valence-electron chi connectivity index (χ4n) is 7.02. The molecule has 5 atom stereocenters. The molecule has 0 aliphatic heterocycles. The Hall–Kier alpha value is -1.31. The van der Waals surface area contributed by atoms with E-state index in [0.29, 0.717) is 12.4 Å². The van der Waals surface area contributed by atoms with Gasteiger partial charge < -0.3 is 4.74 Å². The largest absolute Gasteiger partial charge is 0.486 e. The summed E-state index contributed by atoms with van der Waals surface area (Å²) >= 11 is 0. The van der Waals surface area contributed by atoms with E-state index in [1.807, 2.05) is 6.07 Å². The van der Waals surface area contributed by atoms with Crippen molar-refractivity contribution in [3.63, 3.8) is 0 Å². The first kappa shape index (κ1) is 22.9. The number of unbranched alkanes of at least 4 members (excludes halogenated alkanes) is 3. The van der Waals surface area contributed by atoms with Gasteiger partial charge in [0.15, 0.2) is 11.6 Å². The van der Waals surface area contributed by atoms with Gasteiger partial charge in [-0.05, 0) is 104 Å². The molecular formula is C29H43FO. The number of hydrogen-bond acceptors (Lipinski definition) is 1. The van der Waals surface area contributed by atoms with Crippen molar-refractivity contribution in [3.8, 4) is 5.75 Å². The lowest BCUT2D eigenvalue weighted by Gasteiger charge is -2.45. The lowest BCUT2D eigenvalue weighted by atomic mass is 9.61. The minimum absolute atomic E-state index is 0.206. The standard InChI is InChI=1S/C29H43FO/c1-3-5-6-7-8-21-9-10-23-17-24(12-11-22(23)16-21)25-13-14-26-20-29(31-15-4-2)28(30)19-27(26)18-25/h4,19-25H,2-3,5-18H2,1H3. The van der Waals surface area contributed by atoms with Gasteiger partial charge in [0.05, 0.1) is 0 Å². The lowest BCUT2D eigenvalue weighted by Crippen LogP contribution is -2.35. The summed E-state index contributed by atoms with van der Waals surface area (Å²) in [5.74, 6) is 4.77. The minimum atomic E-state index is -0.206. The van der Waals surface area contributed by atoms with E-state index >= 15 is 0 Å². The molecule has 2 fully saturated rings. The van der Waals surface area contributed by atoms with Gasteiger partial charge in [0, 0.05) is 0 Å². The summed E-state index contributed by atoms with van der Waals surface area (Å²) in [7, 11) is 0. The van der Waals surface area contributed by atoms with Gasteiger partial charge in [-0.25, -0.2) is 4.39 Å². The number of ether oxygens (including phenoxy) is 1. The summed E-state index contributed by atoms with van der Waals surface area (Å²) < 4.78 is 20.0. The fourth-order valence-corrected chi connectivity index (χ4v) is 7.02. The van der Waals surface area contributed by atoms with Crippen molar-refractivity contribution in [2.75, 3.05) is 6.61 Å². The maximum Gasteiger partial charge on any atom is 0.165 e. The second kappa shape index (κ2) is 11.0. The molecule has 0 N–H and O–H groups in total. The molecule has 3 aliphatic carbocycles. The first-order valence-corrected chi connectivity index (χ1v) is 13.2. The summed E-state index contributed by atoms with van der Waals surface area (Å²) in [5, 5.41) is 0. The summed E-state index contributed by atoms with van der Waals surface area (Å²) in [6, 6.07) is 3.71. The van der Waals surface area contributed by atoms with Crippen LogP contribution in [-0.2, 0) is 12.8 Å². The van der Waals surface area contributed by atoms with Crippen LogP contribution in [0.3, 0.4) is 0 Å². The maximum absolute atomic E-state index is 14.5. The van der Waals surface area contributed by atoms with Crippen LogP contribution in [0.2, 0.25) is 0 Å². The Bertz CT molecular complexity index is 726. The van der Waals surface area contributed by atoms with Gasteiger partial charge in [-0.15, -0.1) is 0 Å². The molecule has 31 heavy (non-hydrogen) atoms. The van der Waals surface area contributed by atoms with Crippen molar-refractivity contribution in [2.45, 2.75) is 96.8 Å². The molecule has 2 saturated carbocycles. The average Bonchev–Trinajstić information content (AvgIpc) is 2.79. The van der Waals surface area contributed by atoms with E-state index in [1.54, 1.807) is 12.1 Å². The third-order valence-corrected chi connectivity index (χ3v) is 8.77. The zero-order chi connectivity index (χ0) is 21.6. The molecule has 1 aromatic rings. The highest BCUT2D eigenvalue weighted by atomic mass is 19.1. The van der Waals surface area contributed by atoms with Crippen LogP contribution in [0, 0.1) is 35.4 Å². The van der Waals surface area contributed by atoms with Gasteiger partial charge >= 0.3 is 0 Å². The molecule has 172 valence electrons. The molecule has 1 aromatic carbocycles. The van der Waals surface area contributed by atoms with Crippen molar-refractivity contribution in [2.24, 2.45) is 29.6 Å². The molecule has 0 amide bonds. The van der Waals surface area contributed by atoms with Crippen molar-refractivity contribution >= 4 is 0 Å². The second-order valence-electron chi connectivity index (χ2n) is 10.8. The normalized spacial score (nSPS) is 30.3. The predicted molar refractivity (Wildman–Crippen MR) is 128 cm³/mol. The Morgan fingerprint density at radius 3 is 2.52 bits per heavy atom. The molecule has 0 bridgehead atoms. The SMILES string of the molecule is C=CCOc1cc2c(cc1F)CC(C1CCC3CC(CCCCCC)CCC3C1)CC2. The van der Waals surface area contributed by atoms with Crippen LogP contribution in [0.1, 0.15) is 95.1 Å². The zero-order valence-corrected chi connectivity index (χ0v) is 19.7. The summed E-state index contributed by atoms with van der Waals surface area (Å²) in [6.07, 6.45) is 21.0. The minimum Gasteiger partial charge on any atom is -0.486 e. The van der Waals surface area contributed by atoms with Gasteiger partial charge in [0.2, 0.25) is 0 Å². The smallest absolute Gasteiger partial charge is 0.165 e. The van der Waals surface area contributed by atoms with Crippen LogP contribution < -0.4 is 4.74 Å². The van der Waals surface area contributed by atoms with E-state index in [1.165, 1.54) is 88.2 Å². The molecule has 0 radical (unpaired) electrons. The highest BCUT2D eigenvalue weighted by Crippen LogP contribution is 2.49. The van der Waals surface area contributed by atoms with E-state index < -0.39 is 0 Å². The molecule has 0 spiro atoms. The molecule has 0 aromatic heterocycles. The van der Waals surface area contributed by atoms with Crippen LogP contribution in [0.25, 0.3) is 0 Å². The summed E-state index contributed by atoms with van der Waals surface area (Å²) in [4.78, 5) is 0. The van der Waals surface area contributed by atoms with E-state index in [-0.39, 0.29) is 5.82 Å². The second-order valence-corrected chi connectivity index (χ2v) is 10.8. The van der Waals surface area contributed by atoms with E-state index in [0.717, 1.165) is 42.4 Å². The fraction of sp³-hybridized carbons (Fsp3) is 0.724. The molecule has 5 unspecified atom stereocenters. The molecule has 2 heteroatoms. The summed E-state index contributed by atoms with van der Waals surface area (Å²) in [6.45, 7) is 6.33. The number of aryl methyl sites for hydroxylation is 1. The first-order valence-electron chi connectivity index (χ1n) is 13.2. The molecule has 1 nitrogen and oxygen atoms in total. The topological polar surface area (TPSA) is 9.23 Å². The quantitative estimate of drug-likeness (QED) is 0.285. The highest BCUT2D eigenvalue weighted by molar-refractivity contribution is 5.39. The van der Waals surface area contributed by atoms with Crippen molar-refractivity contribution in [1.29, 1.82) is 0 Å². The van der Waals surface area contributed by atoms with Crippen molar-refractivity contribution < 1.29 is 9.13 Å². The van der Waals surface area contributed by atoms with Crippen LogP contribution in [0.4, 0.5) is 4.39 Å². The number of rotatable bonds is 9. The predicted octanol–water partition coefficient (Wildman–Crippen LogP) is 8.30. The van der Waals surface area contributed by atoms with Crippen molar-refractivity contribution in [1.82, 2.24) is 0 Å². The van der Waals surface area contributed by atoms with E-state index in [2.05, 4.69) is 13.5 Å². The monoisotopic (exact) mass is 426 g/mol. The van der Waals surface area contributed by atoms with Crippen LogP contribution in [0.5, 0.6) is 5.75 Å². The average molecular weight is 427 g/mol. The number of hydrogen-bond donors (Lipinski definition) is 0. The molecular weight excluding hydrogens is 383 g/mol. The third-order valence-electron chi connectivity index (χ3n) is 8.77. The molecule has 4 rings (SSSR count). The Labute approximate surface area is 189 Å². The molecule has 0 heterocycles. The van der Waals surface area contributed by atoms with E-state index in [9.17, 15) is 4.39 Å². The Kier molecular flexibility index (Phi) is 8.13. The van der Waals surface area contributed by atoms with Crippen LogP contribution >= 0.6 is 0 Å². The first-order chi connectivity index (χ1) is 15.2. The number of halogens is 1. The maximum atomic E-state index is 14.5. The summed E-state index contributed by atoms with van der Waals surface area (Å²) in [5.41, 5.74) is 2.53. The van der Waals surface area contributed by atoms with Crippen molar-refractivity contribution in [3.05, 3.63) is 41.7 Å². The van der Waals surface area contributed by atoms with Gasteiger partial charge in [0.25, 0.3) is 0 Å². The van der Waals surface area contributed by atoms with E-state index in [4.69, 9.17) is 4.74 Å². The van der Waals surface area contributed by atoms with Gasteiger partial charge in [0.1, 0.15) is 6.61 Å². The Morgan fingerprint density at radius 1 is 0.935 bits per heavy atom. The van der Waals surface area contributed by atoms with Gasteiger partial charge in [-0.1, -0.05) is 58.1 Å².